The standard InChI is InChI=1S/C25H28O11/c1-13(26)2-3-14-5-8-19(18(29)11-14)35-25-24(33)23(32)22(31)20(36-25)12-34-21(30)9-6-15-4-7-16(27)17(28)10-15/h4-11,20,22-25,27-29,31-33H,2-3,12H2,1H3. The van der Waals surface area contributed by atoms with Crippen LogP contribution in [0.25, 0.3) is 6.08 Å². The number of aliphatic hydroxyl groups is 3. The summed E-state index contributed by atoms with van der Waals surface area (Å²) in [5.41, 5.74) is 1.10. The van der Waals surface area contributed by atoms with Crippen LogP contribution in [-0.4, -0.2) is 79.7 Å². The van der Waals surface area contributed by atoms with E-state index in [2.05, 4.69) is 0 Å². The summed E-state index contributed by atoms with van der Waals surface area (Å²) in [5.74, 6) is -1.84. The van der Waals surface area contributed by atoms with Gasteiger partial charge in [0.05, 0.1) is 0 Å². The first kappa shape index (κ1) is 27.0. The van der Waals surface area contributed by atoms with Crippen LogP contribution in [-0.2, 0) is 25.5 Å². The van der Waals surface area contributed by atoms with E-state index in [9.17, 15) is 40.2 Å². The van der Waals surface area contributed by atoms with E-state index < -0.39 is 43.3 Å². The predicted octanol–water partition coefficient (Wildman–Crippen LogP) is 0.768. The third-order valence-corrected chi connectivity index (χ3v) is 5.50. The van der Waals surface area contributed by atoms with Crippen molar-refractivity contribution in [2.24, 2.45) is 0 Å². The first-order valence-electron chi connectivity index (χ1n) is 11.1. The van der Waals surface area contributed by atoms with Crippen molar-refractivity contribution >= 4 is 17.8 Å². The van der Waals surface area contributed by atoms with Crippen LogP contribution in [0.4, 0.5) is 0 Å². The molecule has 5 unspecified atom stereocenters. The zero-order chi connectivity index (χ0) is 26.4. The van der Waals surface area contributed by atoms with E-state index in [-0.39, 0.29) is 28.8 Å². The number of rotatable bonds is 9. The molecule has 36 heavy (non-hydrogen) atoms. The molecule has 5 atom stereocenters. The SMILES string of the molecule is CC(=O)CCc1ccc(OC2OC(COC(=O)C=Cc3ccc(O)c(O)c3)C(O)C(O)C2O)c(O)c1. The minimum Gasteiger partial charge on any atom is -0.504 e. The molecular formula is C25H28O11. The second-order valence-corrected chi connectivity index (χ2v) is 8.35. The Morgan fingerprint density at radius 1 is 0.944 bits per heavy atom. The van der Waals surface area contributed by atoms with Gasteiger partial charge in [-0.25, -0.2) is 4.79 Å². The number of Topliss-reactive ketones (excluding diaryl/α,β-unsaturated/α-hetero) is 1. The molecule has 11 heteroatoms. The molecule has 0 amide bonds. The van der Waals surface area contributed by atoms with Gasteiger partial charge in [0.15, 0.2) is 23.0 Å². The predicted molar refractivity (Wildman–Crippen MR) is 124 cm³/mol. The minimum absolute atomic E-state index is 0.00275. The maximum Gasteiger partial charge on any atom is 0.330 e. The molecule has 6 N–H and O–H groups in total. The first-order valence-corrected chi connectivity index (χ1v) is 11.1. The smallest absolute Gasteiger partial charge is 0.330 e. The van der Waals surface area contributed by atoms with Gasteiger partial charge < -0.3 is 49.6 Å². The Bertz CT molecular complexity index is 1110. The van der Waals surface area contributed by atoms with Crippen molar-refractivity contribution in [1.29, 1.82) is 0 Å². The molecule has 0 aromatic heterocycles. The lowest BCUT2D eigenvalue weighted by Gasteiger charge is -2.39. The molecule has 194 valence electrons. The van der Waals surface area contributed by atoms with Gasteiger partial charge in [-0.15, -0.1) is 0 Å². The van der Waals surface area contributed by atoms with Gasteiger partial charge in [-0.2, -0.15) is 0 Å². The highest BCUT2D eigenvalue weighted by atomic mass is 16.7. The number of aromatic hydroxyl groups is 3. The molecule has 1 aliphatic heterocycles. The second-order valence-electron chi connectivity index (χ2n) is 8.35. The summed E-state index contributed by atoms with van der Waals surface area (Å²) in [4.78, 5) is 23.2. The van der Waals surface area contributed by atoms with E-state index in [1.165, 1.54) is 43.3 Å². The van der Waals surface area contributed by atoms with Crippen LogP contribution in [0.5, 0.6) is 23.0 Å². The normalized spacial score (nSPS) is 23.9. The number of ketones is 1. The van der Waals surface area contributed by atoms with Gasteiger partial charge in [-0.3, -0.25) is 0 Å². The molecule has 0 radical (unpaired) electrons. The molecule has 1 aliphatic rings. The van der Waals surface area contributed by atoms with Gasteiger partial charge in [0.1, 0.15) is 36.8 Å². The highest BCUT2D eigenvalue weighted by Crippen LogP contribution is 2.31. The van der Waals surface area contributed by atoms with E-state index >= 15 is 0 Å². The van der Waals surface area contributed by atoms with Crippen molar-refractivity contribution in [1.82, 2.24) is 0 Å². The molecule has 1 fully saturated rings. The lowest BCUT2D eigenvalue weighted by atomic mass is 9.99. The Morgan fingerprint density at radius 2 is 1.69 bits per heavy atom. The van der Waals surface area contributed by atoms with Gasteiger partial charge in [0, 0.05) is 12.5 Å². The summed E-state index contributed by atoms with van der Waals surface area (Å²) in [5, 5.41) is 59.8. The molecule has 0 aliphatic carbocycles. The zero-order valence-electron chi connectivity index (χ0n) is 19.4. The largest absolute Gasteiger partial charge is 0.504 e. The van der Waals surface area contributed by atoms with Gasteiger partial charge in [0.25, 0.3) is 0 Å². The fraction of sp³-hybridized carbons (Fsp3) is 0.360. The van der Waals surface area contributed by atoms with Crippen LogP contribution >= 0.6 is 0 Å². The topological polar surface area (TPSA) is 183 Å². The van der Waals surface area contributed by atoms with Crippen LogP contribution in [0.2, 0.25) is 0 Å². The molecule has 2 aromatic carbocycles. The number of carbonyl (C=O) groups is 2. The molecule has 0 bridgehead atoms. The maximum atomic E-state index is 12.1. The monoisotopic (exact) mass is 504 g/mol. The van der Waals surface area contributed by atoms with E-state index in [1.54, 1.807) is 6.07 Å². The quantitative estimate of drug-likeness (QED) is 0.161. The van der Waals surface area contributed by atoms with Crippen LogP contribution in [0.1, 0.15) is 24.5 Å². The van der Waals surface area contributed by atoms with Gasteiger partial charge >= 0.3 is 5.97 Å². The third-order valence-electron chi connectivity index (χ3n) is 5.50. The van der Waals surface area contributed by atoms with Crippen LogP contribution in [0.3, 0.4) is 0 Å². The molecular weight excluding hydrogens is 476 g/mol. The van der Waals surface area contributed by atoms with E-state index in [0.717, 1.165) is 6.08 Å². The van der Waals surface area contributed by atoms with Crippen LogP contribution in [0.15, 0.2) is 42.5 Å². The summed E-state index contributed by atoms with van der Waals surface area (Å²) < 4.78 is 16.0. The lowest BCUT2D eigenvalue weighted by Crippen LogP contribution is -2.60. The van der Waals surface area contributed by atoms with Gasteiger partial charge in [0.2, 0.25) is 6.29 Å². The fourth-order valence-corrected chi connectivity index (χ4v) is 3.44. The summed E-state index contributed by atoms with van der Waals surface area (Å²) in [6, 6.07) is 8.38. The minimum atomic E-state index is -1.69. The van der Waals surface area contributed by atoms with Crippen molar-refractivity contribution in [2.75, 3.05) is 6.61 Å². The van der Waals surface area contributed by atoms with E-state index in [1.807, 2.05) is 0 Å². The Kier molecular flexibility index (Phi) is 8.88. The molecule has 3 rings (SSSR count). The fourth-order valence-electron chi connectivity index (χ4n) is 3.44. The molecule has 0 saturated carbocycles. The van der Waals surface area contributed by atoms with Gasteiger partial charge in [-0.1, -0.05) is 12.1 Å². The number of aryl methyl sites for hydroxylation is 1. The Morgan fingerprint density at radius 3 is 2.36 bits per heavy atom. The summed E-state index contributed by atoms with van der Waals surface area (Å²) in [6.45, 7) is 0.967. The molecule has 1 heterocycles. The zero-order valence-corrected chi connectivity index (χ0v) is 19.4. The van der Waals surface area contributed by atoms with Crippen molar-refractivity contribution < 1.29 is 54.4 Å². The summed E-state index contributed by atoms with van der Waals surface area (Å²) in [6.07, 6.45) is -4.64. The Hall–Kier alpha value is -3.64. The number of phenolic OH excluding ortho intramolecular Hbond substituents is 3. The number of carbonyl (C=O) groups excluding carboxylic acids is 2. The Balaban J connectivity index is 1.60. The highest BCUT2D eigenvalue weighted by molar-refractivity contribution is 5.87. The van der Waals surface area contributed by atoms with Crippen molar-refractivity contribution in [2.45, 2.75) is 50.5 Å². The number of ether oxygens (including phenoxy) is 3. The van der Waals surface area contributed by atoms with E-state index in [4.69, 9.17) is 14.2 Å². The van der Waals surface area contributed by atoms with E-state index in [0.29, 0.717) is 24.0 Å². The van der Waals surface area contributed by atoms with Crippen molar-refractivity contribution in [3.8, 4) is 23.0 Å². The molecule has 2 aromatic rings. The van der Waals surface area contributed by atoms with Crippen molar-refractivity contribution in [3.05, 3.63) is 53.6 Å². The average molecular weight is 504 g/mol. The van der Waals surface area contributed by atoms with Crippen LogP contribution in [0, 0.1) is 0 Å². The second kappa shape index (κ2) is 11.9. The highest BCUT2D eigenvalue weighted by Gasteiger charge is 2.45. The molecule has 1 saturated heterocycles. The van der Waals surface area contributed by atoms with Crippen LogP contribution < -0.4 is 4.74 Å². The Labute approximate surface area is 206 Å². The van der Waals surface area contributed by atoms with Gasteiger partial charge in [-0.05, 0) is 54.8 Å². The number of benzene rings is 2. The average Bonchev–Trinajstić information content (AvgIpc) is 2.84. The maximum absolute atomic E-state index is 12.1. The number of hydrogen-bond donors (Lipinski definition) is 6. The lowest BCUT2D eigenvalue weighted by molar-refractivity contribution is -0.278. The summed E-state index contributed by atoms with van der Waals surface area (Å²) >= 11 is 0. The number of hydrogen-bond acceptors (Lipinski definition) is 11. The number of phenols is 3. The third kappa shape index (κ3) is 6.95. The molecule has 11 nitrogen and oxygen atoms in total. The van der Waals surface area contributed by atoms with Crippen molar-refractivity contribution in [3.63, 3.8) is 0 Å². The molecule has 0 spiro atoms. The number of aliphatic hydroxyl groups excluding tert-OH is 3. The number of esters is 1. The first-order chi connectivity index (χ1) is 17.0. The summed E-state index contributed by atoms with van der Waals surface area (Å²) in [7, 11) is 0.